The van der Waals surface area contributed by atoms with Crippen molar-refractivity contribution in [3.05, 3.63) is 36.3 Å². The maximum absolute atomic E-state index is 12.9. The molecule has 1 amide bonds. The summed E-state index contributed by atoms with van der Waals surface area (Å²) in [5, 5.41) is 6.91. The van der Waals surface area contributed by atoms with Crippen LogP contribution in [0.3, 0.4) is 0 Å². The number of nitrogens with one attached hydrogen (secondary N) is 1. The molecular weight excluding hydrogens is 374 g/mol. The van der Waals surface area contributed by atoms with E-state index >= 15 is 0 Å². The van der Waals surface area contributed by atoms with Gasteiger partial charge in [0.1, 0.15) is 23.6 Å². The zero-order chi connectivity index (χ0) is 20.2. The number of anilines is 2. The van der Waals surface area contributed by atoms with Crippen LogP contribution in [-0.2, 0) is 0 Å². The fraction of sp³-hybridized carbons (Fsp3) is 0.368. The molecule has 1 fully saturated rings. The van der Waals surface area contributed by atoms with Crippen LogP contribution in [0.15, 0.2) is 30.7 Å². The van der Waals surface area contributed by atoms with Crippen molar-refractivity contribution in [2.45, 2.75) is 12.8 Å². The van der Waals surface area contributed by atoms with E-state index in [1.807, 2.05) is 0 Å². The van der Waals surface area contributed by atoms with E-state index in [1.165, 1.54) is 30.7 Å². The minimum atomic E-state index is -0.453. The number of nitrogens with two attached hydrogens (primary N) is 1. The molecular formula is C19H23N7O3. The molecule has 0 bridgehead atoms. The van der Waals surface area contributed by atoms with Crippen molar-refractivity contribution < 1.29 is 14.3 Å². The van der Waals surface area contributed by atoms with Gasteiger partial charge in [-0.25, -0.2) is 4.52 Å². The smallest absolute Gasteiger partial charge is 0.263 e. The third-order valence-electron chi connectivity index (χ3n) is 4.82. The third kappa shape index (κ3) is 4.06. The summed E-state index contributed by atoms with van der Waals surface area (Å²) in [6, 6.07) is 3.36. The summed E-state index contributed by atoms with van der Waals surface area (Å²) in [4.78, 5) is 23.7. The van der Waals surface area contributed by atoms with E-state index in [1.54, 1.807) is 24.5 Å². The summed E-state index contributed by atoms with van der Waals surface area (Å²) in [5.74, 6) is 0.532. The molecule has 1 saturated heterocycles. The van der Waals surface area contributed by atoms with Crippen LogP contribution < -0.4 is 20.5 Å². The minimum absolute atomic E-state index is 0.0760. The van der Waals surface area contributed by atoms with Crippen molar-refractivity contribution >= 4 is 23.1 Å². The van der Waals surface area contributed by atoms with Crippen LogP contribution in [0, 0.1) is 0 Å². The van der Waals surface area contributed by atoms with Gasteiger partial charge in [0.05, 0.1) is 13.3 Å². The maximum Gasteiger partial charge on any atom is 0.263 e. The molecule has 3 aromatic rings. The second-order valence-electron chi connectivity index (χ2n) is 6.72. The number of rotatable bonds is 7. The number of hydrogen-bond donors (Lipinski definition) is 2. The number of carbonyl (C=O) groups excluding carboxylic acids is 1. The Hall–Kier alpha value is -3.40. The highest BCUT2D eigenvalue weighted by Crippen LogP contribution is 2.25. The lowest BCUT2D eigenvalue weighted by atomic mass is 10.2. The van der Waals surface area contributed by atoms with E-state index in [9.17, 15) is 4.79 Å². The zero-order valence-electron chi connectivity index (χ0n) is 16.2. The first-order valence-corrected chi connectivity index (χ1v) is 9.45. The molecule has 1 aliphatic heterocycles. The topological polar surface area (TPSA) is 120 Å². The van der Waals surface area contributed by atoms with Crippen molar-refractivity contribution in [3.63, 3.8) is 0 Å². The number of likely N-dealkylation sites (tertiary alicyclic amines) is 1. The quantitative estimate of drug-likeness (QED) is 0.615. The number of amides is 1. The van der Waals surface area contributed by atoms with Crippen LogP contribution in [0.1, 0.15) is 23.2 Å². The van der Waals surface area contributed by atoms with E-state index in [-0.39, 0.29) is 11.4 Å². The number of carbonyl (C=O) groups is 1. The largest absolute Gasteiger partial charge is 0.494 e. The summed E-state index contributed by atoms with van der Waals surface area (Å²) in [5.41, 5.74) is 6.90. The second kappa shape index (κ2) is 8.31. The van der Waals surface area contributed by atoms with Crippen LogP contribution >= 0.6 is 0 Å². The highest BCUT2D eigenvalue weighted by Gasteiger charge is 2.21. The molecule has 0 aromatic carbocycles. The molecule has 0 aliphatic carbocycles. The third-order valence-corrected chi connectivity index (χ3v) is 4.82. The normalized spacial score (nSPS) is 14.2. The molecule has 10 nitrogen and oxygen atoms in total. The number of aromatic nitrogens is 4. The Bertz CT molecular complexity index is 1010. The molecule has 10 heteroatoms. The van der Waals surface area contributed by atoms with Gasteiger partial charge < -0.3 is 20.5 Å². The molecule has 4 heterocycles. The van der Waals surface area contributed by atoms with Gasteiger partial charge in [-0.3, -0.25) is 14.7 Å². The number of nitrogen functional groups attached to an aromatic ring is 1. The van der Waals surface area contributed by atoms with Crippen molar-refractivity contribution in [3.8, 4) is 11.6 Å². The summed E-state index contributed by atoms with van der Waals surface area (Å²) in [6.07, 6.45) is 7.22. The molecule has 3 aromatic heterocycles. The highest BCUT2D eigenvalue weighted by atomic mass is 16.5. The van der Waals surface area contributed by atoms with E-state index in [0.29, 0.717) is 29.6 Å². The lowest BCUT2D eigenvalue weighted by Crippen LogP contribution is -2.25. The van der Waals surface area contributed by atoms with Gasteiger partial charge in [-0.2, -0.15) is 4.98 Å². The van der Waals surface area contributed by atoms with Gasteiger partial charge in [-0.15, -0.1) is 5.10 Å². The number of ether oxygens (including phenoxy) is 2. The van der Waals surface area contributed by atoms with E-state index in [0.717, 1.165) is 19.6 Å². The van der Waals surface area contributed by atoms with Gasteiger partial charge in [-0.05, 0) is 25.9 Å². The zero-order valence-corrected chi connectivity index (χ0v) is 16.2. The number of nitrogens with zero attached hydrogens (tertiary/aromatic N) is 5. The molecule has 4 rings (SSSR count). The molecule has 0 atom stereocenters. The Morgan fingerprint density at radius 1 is 1.31 bits per heavy atom. The van der Waals surface area contributed by atoms with Gasteiger partial charge in [0.25, 0.3) is 5.91 Å². The molecule has 1 aliphatic rings. The number of fused-ring (bicyclic) bond motifs is 1. The molecule has 29 heavy (non-hydrogen) atoms. The summed E-state index contributed by atoms with van der Waals surface area (Å²) >= 11 is 0. The first-order chi connectivity index (χ1) is 14.2. The molecule has 0 spiro atoms. The first-order valence-electron chi connectivity index (χ1n) is 9.45. The van der Waals surface area contributed by atoms with Crippen molar-refractivity contribution in [2.75, 3.05) is 44.4 Å². The molecule has 3 N–H and O–H groups in total. The SMILES string of the molecule is COc1ccncc1NC(=O)c1c(N)nn2ccc(OCCN3CCCC3)nc12. The van der Waals surface area contributed by atoms with Gasteiger partial charge in [-0.1, -0.05) is 0 Å². The minimum Gasteiger partial charge on any atom is -0.494 e. The summed E-state index contributed by atoms with van der Waals surface area (Å²) in [7, 11) is 1.52. The van der Waals surface area contributed by atoms with Crippen LogP contribution in [-0.4, -0.2) is 63.7 Å². The van der Waals surface area contributed by atoms with Gasteiger partial charge in [0, 0.05) is 31.1 Å². The maximum atomic E-state index is 12.9. The fourth-order valence-electron chi connectivity index (χ4n) is 3.35. The van der Waals surface area contributed by atoms with Crippen LogP contribution in [0.5, 0.6) is 11.6 Å². The van der Waals surface area contributed by atoms with E-state index < -0.39 is 5.91 Å². The lowest BCUT2D eigenvalue weighted by molar-refractivity contribution is 0.102. The summed E-state index contributed by atoms with van der Waals surface area (Å²) in [6.45, 7) is 3.60. The van der Waals surface area contributed by atoms with Crippen molar-refractivity contribution in [1.29, 1.82) is 0 Å². The molecule has 152 valence electrons. The van der Waals surface area contributed by atoms with Crippen molar-refractivity contribution in [2.24, 2.45) is 0 Å². The predicted molar refractivity (Wildman–Crippen MR) is 107 cm³/mol. The Kier molecular flexibility index (Phi) is 5.43. The van der Waals surface area contributed by atoms with Crippen molar-refractivity contribution in [1.82, 2.24) is 24.5 Å². The van der Waals surface area contributed by atoms with Crippen LogP contribution in [0.4, 0.5) is 11.5 Å². The predicted octanol–water partition coefficient (Wildman–Crippen LogP) is 1.44. The number of hydrogen-bond acceptors (Lipinski definition) is 8. The van der Waals surface area contributed by atoms with Gasteiger partial charge in [0.15, 0.2) is 11.5 Å². The Morgan fingerprint density at radius 2 is 2.14 bits per heavy atom. The number of methoxy groups -OCH3 is 1. The lowest BCUT2D eigenvalue weighted by Gasteiger charge is -2.14. The average molecular weight is 397 g/mol. The van der Waals surface area contributed by atoms with Gasteiger partial charge >= 0.3 is 0 Å². The monoisotopic (exact) mass is 397 g/mol. The Balaban J connectivity index is 1.53. The Labute approximate surface area is 167 Å². The molecule has 0 radical (unpaired) electrons. The first kappa shape index (κ1) is 18.9. The molecule has 0 saturated carbocycles. The molecule has 0 unspecified atom stereocenters. The van der Waals surface area contributed by atoms with Gasteiger partial charge in [0.2, 0.25) is 5.88 Å². The average Bonchev–Trinajstić information content (AvgIpc) is 3.35. The number of pyridine rings is 1. The van der Waals surface area contributed by atoms with Crippen LogP contribution in [0.2, 0.25) is 0 Å². The van der Waals surface area contributed by atoms with E-state index in [2.05, 4.69) is 25.3 Å². The Morgan fingerprint density at radius 3 is 2.93 bits per heavy atom. The second-order valence-corrected chi connectivity index (χ2v) is 6.72. The standard InChI is InChI=1S/C19H23N7O3/c1-28-14-4-6-21-12-13(14)22-19(27)16-17(20)24-26-9-5-15(23-18(16)26)29-11-10-25-7-2-3-8-25/h4-6,9,12H,2-3,7-8,10-11H2,1H3,(H2,20,24)(H,22,27). The fourth-order valence-corrected chi connectivity index (χ4v) is 3.35. The highest BCUT2D eigenvalue weighted by molar-refractivity contribution is 6.12. The van der Waals surface area contributed by atoms with Crippen LogP contribution in [0.25, 0.3) is 5.65 Å². The summed E-state index contributed by atoms with van der Waals surface area (Å²) < 4.78 is 12.5. The van der Waals surface area contributed by atoms with E-state index in [4.69, 9.17) is 15.2 Å².